The lowest BCUT2D eigenvalue weighted by Gasteiger charge is -2.20. The predicted molar refractivity (Wildman–Crippen MR) is 73.8 cm³/mol. The van der Waals surface area contributed by atoms with E-state index in [1.807, 2.05) is 0 Å². The summed E-state index contributed by atoms with van der Waals surface area (Å²) in [4.78, 5) is 20.1. The number of aliphatic hydroxyl groups excluding tert-OH is 1. The summed E-state index contributed by atoms with van der Waals surface area (Å²) in [6.07, 6.45) is 1.03. The number of hydrogen-bond acceptors (Lipinski definition) is 7. The average molecular weight is 285 g/mol. The minimum absolute atomic E-state index is 0.198. The standard InChI is InChI=1S/C12H19N3O3S/c1-18-11(17)10-9-19-12(13-10)15-4-2-3-14(5-6-15)7-8-16/h9,16H,2-8H2,1H3. The van der Waals surface area contributed by atoms with Crippen molar-refractivity contribution in [1.29, 1.82) is 0 Å². The number of β-amino-alcohol motifs (C(OH)–C–C–N with tert-alkyl or cyclic N) is 1. The van der Waals surface area contributed by atoms with Crippen LogP contribution in [0.3, 0.4) is 0 Å². The van der Waals surface area contributed by atoms with Crippen LogP contribution in [0.5, 0.6) is 0 Å². The third-order valence-electron chi connectivity index (χ3n) is 3.16. The van der Waals surface area contributed by atoms with Crippen molar-refractivity contribution in [3.63, 3.8) is 0 Å². The molecule has 0 radical (unpaired) electrons. The van der Waals surface area contributed by atoms with E-state index in [0.29, 0.717) is 5.69 Å². The van der Waals surface area contributed by atoms with E-state index in [4.69, 9.17) is 5.11 Å². The summed E-state index contributed by atoms with van der Waals surface area (Å²) in [7, 11) is 1.36. The Kier molecular flexibility index (Phi) is 5.12. The highest BCUT2D eigenvalue weighted by Gasteiger charge is 2.19. The monoisotopic (exact) mass is 285 g/mol. The van der Waals surface area contributed by atoms with E-state index in [2.05, 4.69) is 19.5 Å². The Balaban J connectivity index is 1.98. The van der Waals surface area contributed by atoms with Crippen molar-refractivity contribution < 1.29 is 14.6 Å². The Morgan fingerprint density at radius 3 is 3.05 bits per heavy atom. The second kappa shape index (κ2) is 6.83. The average Bonchev–Trinajstić information content (AvgIpc) is 2.80. The second-order valence-electron chi connectivity index (χ2n) is 4.41. The highest BCUT2D eigenvalue weighted by molar-refractivity contribution is 7.13. The summed E-state index contributed by atoms with van der Waals surface area (Å²) in [5, 5.41) is 11.6. The van der Waals surface area contributed by atoms with Crippen LogP contribution in [0.1, 0.15) is 16.9 Å². The maximum atomic E-state index is 11.4. The first-order chi connectivity index (χ1) is 9.24. The molecule has 1 aromatic rings. The molecule has 106 valence electrons. The fourth-order valence-electron chi connectivity index (χ4n) is 2.14. The number of carbonyl (C=O) groups is 1. The third-order valence-corrected chi connectivity index (χ3v) is 4.06. The van der Waals surface area contributed by atoms with Gasteiger partial charge in [-0.05, 0) is 13.0 Å². The van der Waals surface area contributed by atoms with Crippen LogP contribution in [0.4, 0.5) is 5.13 Å². The molecule has 0 unspecified atom stereocenters. The van der Waals surface area contributed by atoms with Gasteiger partial charge in [-0.15, -0.1) is 11.3 Å². The lowest BCUT2D eigenvalue weighted by Crippen LogP contribution is -2.32. The summed E-state index contributed by atoms with van der Waals surface area (Å²) < 4.78 is 4.66. The molecule has 0 amide bonds. The van der Waals surface area contributed by atoms with Gasteiger partial charge in [-0.2, -0.15) is 0 Å². The molecule has 1 aromatic heterocycles. The zero-order chi connectivity index (χ0) is 13.7. The first-order valence-electron chi connectivity index (χ1n) is 6.36. The first kappa shape index (κ1) is 14.2. The van der Waals surface area contributed by atoms with Gasteiger partial charge >= 0.3 is 5.97 Å². The van der Waals surface area contributed by atoms with Gasteiger partial charge in [-0.3, -0.25) is 4.90 Å². The van der Waals surface area contributed by atoms with Crippen molar-refractivity contribution in [2.75, 3.05) is 51.3 Å². The summed E-state index contributed by atoms with van der Waals surface area (Å²) in [6.45, 7) is 4.62. The minimum atomic E-state index is -0.390. The lowest BCUT2D eigenvalue weighted by molar-refractivity contribution is 0.0595. The van der Waals surface area contributed by atoms with E-state index in [1.54, 1.807) is 5.38 Å². The Labute approximate surface area is 116 Å². The number of ether oxygens (including phenoxy) is 1. The molecule has 0 aliphatic carbocycles. The molecule has 1 aliphatic heterocycles. The lowest BCUT2D eigenvalue weighted by atomic mass is 10.4. The molecule has 6 nitrogen and oxygen atoms in total. The van der Waals surface area contributed by atoms with Crippen LogP contribution in [0, 0.1) is 0 Å². The highest BCUT2D eigenvalue weighted by Crippen LogP contribution is 2.22. The van der Waals surface area contributed by atoms with Crippen LogP contribution in [-0.2, 0) is 4.74 Å². The molecule has 2 rings (SSSR count). The molecule has 0 saturated carbocycles. The number of esters is 1. The zero-order valence-electron chi connectivity index (χ0n) is 11.0. The van der Waals surface area contributed by atoms with Crippen LogP contribution in [-0.4, -0.2) is 67.4 Å². The number of hydrogen-bond donors (Lipinski definition) is 1. The normalized spacial score (nSPS) is 17.3. The predicted octanol–water partition coefficient (Wildman–Crippen LogP) is 0.434. The molecular weight excluding hydrogens is 266 g/mol. The van der Waals surface area contributed by atoms with Gasteiger partial charge in [0.15, 0.2) is 10.8 Å². The summed E-state index contributed by atoms with van der Waals surface area (Å²) in [5.41, 5.74) is 0.374. The summed E-state index contributed by atoms with van der Waals surface area (Å²) >= 11 is 1.47. The van der Waals surface area contributed by atoms with Crippen molar-refractivity contribution in [2.24, 2.45) is 0 Å². The number of aromatic nitrogens is 1. The Morgan fingerprint density at radius 2 is 2.32 bits per heavy atom. The Hall–Kier alpha value is -1.18. The van der Waals surface area contributed by atoms with E-state index >= 15 is 0 Å². The molecule has 7 heteroatoms. The van der Waals surface area contributed by atoms with E-state index in [-0.39, 0.29) is 12.6 Å². The van der Waals surface area contributed by atoms with Gasteiger partial charge in [0.05, 0.1) is 13.7 Å². The molecule has 1 N–H and O–H groups in total. The van der Waals surface area contributed by atoms with Crippen LogP contribution < -0.4 is 4.90 Å². The van der Waals surface area contributed by atoms with Gasteiger partial charge in [0, 0.05) is 31.6 Å². The van der Waals surface area contributed by atoms with Gasteiger partial charge in [0.25, 0.3) is 0 Å². The van der Waals surface area contributed by atoms with Crippen LogP contribution in [0.15, 0.2) is 5.38 Å². The SMILES string of the molecule is COC(=O)c1csc(N2CCCN(CCO)CC2)n1. The molecule has 0 spiro atoms. The molecule has 1 saturated heterocycles. The highest BCUT2D eigenvalue weighted by atomic mass is 32.1. The second-order valence-corrected chi connectivity index (χ2v) is 5.25. The Bertz CT molecular complexity index is 424. The number of rotatable bonds is 4. The van der Waals surface area contributed by atoms with Crippen LogP contribution >= 0.6 is 11.3 Å². The van der Waals surface area contributed by atoms with Gasteiger partial charge in [0.1, 0.15) is 0 Å². The Morgan fingerprint density at radius 1 is 1.47 bits per heavy atom. The molecule has 2 heterocycles. The van der Waals surface area contributed by atoms with Crippen molar-refractivity contribution >= 4 is 22.4 Å². The van der Waals surface area contributed by atoms with Crippen molar-refractivity contribution in [1.82, 2.24) is 9.88 Å². The molecule has 19 heavy (non-hydrogen) atoms. The fraction of sp³-hybridized carbons (Fsp3) is 0.667. The number of carbonyl (C=O) groups excluding carboxylic acids is 1. The molecule has 1 fully saturated rings. The largest absolute Gasteiger partial charge is 0.464 e. The maximum absolute atomic E-state index is 11.4. The van der Waals surface area contributed by atoms with E-state index in [9.17, 15) is 4.79 Å². The fourth-order valence-corrected chi connectivity index (χ4v) is 2.98. The van der Waals surface area contributed by atoms with Crippen LogP contribution in [0.25, 0.3) is 0 Å². The van der Waals surface area contributed by atoms with Gasteiger partial charge < -0.3 is 14.7 Å². The van der Waals surface area contributed by atoms with E-state index < -0.39 is 0 Å². The number of nitrogens with zero attached hydrogens (tertiary/aromatic N) is 3. The van der Waals surface area contributed by atoms with Crippen molar-refractivity contribution in [3.8, 4) is 0 Å². The molecular formula is C12H19N3O3S. The quantitative estimate of drug-likeness (QED) is 0.810. The number of thiazole rings is 1. The molecule has 0 atom stereocenters. The number of methoxy groups -OCH3 is 1. The molecule has 0 bridgehead atoms. The molecule has 1 aliphatic rings. The number of anilines is 1. The first-order valence-corrected chi connectivity index (χ1v) is 7.24. The van der Waals surface area contributed by atoms with Crippen molar-refractivity contribution in [3.05, 3.63) is 11.1 Å². The van der Waals surface area contributed by atoms with Gasteiger partial charge in [-0.25, -0.2) is 9.78 Å². The summed E-state index contributed by atoms with van der Waals surface area (Å²) in [6, 6.07) is 0. The van der Waals surface area contributed by atoms with Crippen LogP contribution in [0.2, 0.25) is 0 Å². The number of aliphatic hydroxyl groups is 1. The summed E-state index contributed by atoms with van der Waals surface area (Å²) in [5.74, 6) is -0.390. The maximum Gasteiger partial charge on any atom is 0.357 e. The van der Waals surface area contributed by atoms with Crippen molar-refractivity contribution in [2.45, 2.75) is 6.42 Å². The topological polar surface area (TPSA) is 65.9 Å². The zero-order valence-corrected chi connectivity index (χ0v) is 11.9. The van der Waals surface area contributed by atoms with E-state index in [1.165, 1.54) is 18.4 Å². The smallest absolute Gasteiger partial charge is 0.357 e. The van der Waals surface area contributed by atoms with E-state index in [0.717, 1.165) is 44.3 Å². The van der Waals surface area contributed by atoms with Gasteiger partial charge in [-0.1, -0.05) is 0 Å². The minimum Gasteiger partial charge on any atom is -0.464 e. The third kappa shape index (κ3) is 3.65. The van der Waals surface area contributed by atoms with Gasteiger partial charge in [0.2, 0.25) is 0 Å². The molecule has 0 aromatic carbocycles.